The first-order valence-electron chi connectivity index (χ1n) is 12.4. The summed E-state index contributed by atoms with van der Waals surface area (Å²) < 4.78 is 6.37. The van der Waals surface area contributed by atoms with Crippen molar-refractivity contribution in [3.05, 3.63) is 114 Å². The summed E-state index contributed by atoms with van der Waals surface area (Å²) in [6.07, 6.45) is 5.37. The molecule has 0 aromatic heterocycles. The van der Waals surface area contributed by atoms with Crippen LogP contribution in [-0.2, 0) is 0 Å². The quantitative estimate of drug-likeness (QED) is 0.283. The fourth-order valence-corrected chi connectivity index (χ4v) is 5.16. The third kappa shape index (κ3) is 5.12. The van der Waals surface area contributed by atoms with Crippen LogP contribution in [0.4, 0.5) is 0 Å². The molecular weight excluding hydrogens is 402 g/mol. The maximum atomic E-state index is 6.37. The molecule has 1 aliphatic rings. The third-order valence-electron chi connectivity index (χ3n) is 6.86. The van der Waals surface area contributed by atoms with E-state index in [1.165, 1.54) is 66.2 Å². The number of hydrogen-bond donors (Lipinski definition) is 0. The van der Waals surface area contributed by atoms with E-state index in [0.717, 1.165) is 18.9 Å². The van der Waals surface area contributed by atoms with E-state index in [-0.39, 0.29) is 5.92 Å². The van der Waals surface area contributed by atoms with Gasteiger partial charge in [0.05, 0.1) is 0 Å². The number of rotatable bonds is 7. The number of likely N-dealkylation sites (tertiary alicyclic amines) is 1. The molecule has 168 valence electrons. The Bertz CT molecular complexity index is 1110. The van der Waals surface area contributed by atoms with Crippen molar-refractivity contribution in [2.45, 2.75) is 31.6 Å². The van der Waals surface area contributed by atoms with Crippen molar-refractivity contribution in [1.82, 2.24) is 4.90 Å². The minimum Gasteiger partial charge on any atom is -0.492 e. The highest BCUT2D eigenvalue weighted by molar-refractivity contribution is 5.92. The third-order valence-corrected chi connectivity index (χ3v) is 6.86. The fourth-order valence-electron chi connectivity index (χ4n) is 5.16. The average molecular weight is 436 g/mol. The van der Waals surface area contributed by atoms with Crippen LogP contribution in [0.1, 0.15) is 48.3 Å². The van der Waals surface area contributed by atoms with E-state index in [9.17, 15) is 0 Å². The van der Waals surface area contributed by atoms with E-state index >= 15 is 0 Å². The molecule has 0 aliphatic carbocycles. The van der Waals surface area contributed by atoms with Gasteiger partial charge in [0.25, 0.3) is 0 Å². The molecule has 0 radical (unpaired) electrons. The summed E-state index contributed by atoms with van der Waals surface area (Å²) in [5, 5.41) is 2.46. The summed E-state index contributed by atoms with van der Waals surface area (Å²) in [4.78, 5) is 2.56. The molecule has 0 saturated carbocycles. The van der Waals surface area contributed by atoms with Gasteiger partial charge in [-0.3, -0.25) is 4.90 Å². The Morgan fingerprint density at radius 1 is 0.606 bits per heavy atom. The molecule has 0 N–H and O–H groups in total. The summed E-state index contributed by atoms with van der Waals surface area (Å²) in [5.41, 5.74) is 3.94. The molecule has 2 heteroatoms. The molecule has 1 heterocycles. The number of nitrogens with zero attached hydrogens (tertiary/aromatic N) is 1. The van der Waals surface area contributed by atoms with Gasteiger partial charge in [-0.2, -0.15) is 0 Å². The zero-order chi connectivity index (χ0) is 22.3. The van der Waals surface area contributed by atoms with Crippen LogP contribution in [0.3, 0.4) is 0 Å². The predicted molar refractivity (Wildman–Crippen MR) is 138 cm³/mol. The zero-order valence-corrected chi connectivity index (χ0v) is 19.3. The molecule has 0 unspecified atom stereocenters. The summed E-state index contributed by atoms with van der Waals surface area (Å²) >= 11 is 0. The van der Waals surface area contributed by atoms with Gasteiger partial charge in [0.2, 0.25) is 0 Å². The van der Waals surface area contributed by atoms with Gasteiger partial charge in [0.15, 0.2) is 0 Å². The minimum atomic E-state index is 0.184. The van der Waals surface area contributed by atoms with Crippen LogP contribution in [-0.4, -0.2) is 31.1 Å². The fraction of sp³-hybridized carbons (Fsp3) is 0.290. The highest BCUT2D eigenvalue weighted by Crippen LogP contribution is 2.38. The molecule has 33 heavy (non-hydrogen) atoms. The molecule has 5 rings (SSSR count). The van der Waals surface area contributed by atoms with Gasteiger partial charge in [-0.1, -0.05) is 104 Å². The lowest BCUT2D eigenvalue weighted by Crippen LogP contribution is -2.29. The van der Waals surface area contributed by atoms with Gasteiger partial charge in [-0.25, -0.2) is 0 Å². The molecule has 1 saturated heterocycles. The summed E-state index contributed by atoms with van der Waals surface area (Å²) in [7, 11) is 0. The van der Waals surface area contributed by atoms with E-state index in [0.29, 0.717) is 0 Å². The topological polar surface area (TPSA) is 12.5 Å². The maximum absolute atomic E-state index is 6.37. The molecule has 0 spiro atoms. The predicted octanol–water partition coefficient (Wildman–Crippen LogP) is 7.27. The molecule has 1 aliphatic heterocycles. The Labute approximate surface area is 197 Å². The van der Waals surface area contributed by atoms with Crippen molar-refractivity contribution in [3.63, 3.8) is 0 Å². The highest BCUT2D eigenvalue weighted by atomic mass is 16.5. The van der Waals surface area contributed by atoms with Gasteiger partial charge in [-0.15, -0.1) is 0 Å². The summed E-state index contributed by atoms with van der Waals surface area (Å²) in [6, 6.07) is 34.8. The van der Waals surface area contributed by atoms with Crippen molar-refractivity contribution in [3.8, 4) is 5.75 Å². The first-order chi connectivity index (χ1) is 16.4. The van der Waals surface area contributed by atoms with Crippen LogP contribution in [0.25, 0.3) is 10.8 Å². The smallest absolute Gasteiger partial charge is 0.127 e. The maximum Gasteiger partial charge on any atom is 0.127 e. The lowest BCUT2D eigenvalue weighted by molar-refractivity contribution is 0.215. The number of ether oxygens (including phenoxy) is 1. The second-order valence-corrected chi connectivity index (χ2v) is 9.06. The van der Waals surface area contributed by atoms with Crippen LogP contribution in [0.15, 0.2) is 97.1 Å². The Morgan fingerprint density at radius 2 is 1.18 bits per heavy atom. The van der Waals surface area contributed by atoms with Crippen molar-refractivity contribution in [2.24, 2.45) is 0 Å². The van der Waals surface area contributed by atoms with Crippen LogP contribution in [0.5, 0.6) is 5.75 Å². The van der Waals surface area contributed by atoms with Crippen LogP contribution < -0.4 is 4.74 Å². The van der Waals surface area contributed by atoms with Gasteiger partial charge in [0, 0.05) is 17.8 Å². The lowest BCUT2D eigenvalue weighted by atomic mass is 9.83. The SMILES string of the molecule is c1ccc(C(c2ccccc2)c2ccc(OCCN3CCCCCC3)c3ccccc23)cc1. The number of hydrogen-bond acceptors (Lipinski definition) is 2. The number of benzene rings is 4. The normalized spacial score (nSPS) is 14.9. The molecule has 4 aromatic rings. The second kappa shape index (κ2) is 10.7. The van der Waals surface area contributed by atoms with Crippen LogP contribution >= 0.6 is 0 Å². The van der Waals surface area contributed by atoms with Gasteiger partial charge in [0.1, 0.15) is 12.4 Å². The summed E-state index contributed by atoms with van der Waals surface area (Å²) in [6.45, 7) is 4.16. The molecule has 0 atom stereocenters. The van der Waals surface area contributed by atoms with E-state index < -0.39 is 0 Å². The molecule has 0 bridgehead atoms. The van der Waals surface area contributed by atoms with Crippen LogP contribution in [0, 0.1) is 0 Å². The standard InChI is InChI=1S/C31H33NO/c1-2-12-22-32(21-11-1)23-24-33-30-20-19-29(27-17-9-10-18-28(27)30)31(25-13-5-3-6-14-25)26-15-7-4-8-16-26/h3-10,13-20,31H,1-2,11-12,21-24H2. The lowest BCUT2D eigenvalue weighted by Gasteiger charge is -2.23. The molecule has 2 nitrogen and oxygen atoms in total. The highest BCUT2D eigenvalue weighted by Gasteiger charge is 2.20. The molecular formula is C31H33NO. The zero-order valence-electron chi connectivity index (χ0n) is 19.3. The van der Waals surface area contributed by atoms with Crippen LogP contribution in [0.2, 0.25) is 0 Å². The van der Waals surface area contributed by atoms with Gasteiger partial charge < -0.3 is 4.74 Å². The van der Waals surface area contributed by atoms with E-state index in [1.54, 1.807) is 0 Å². The Hall–Kier alpha value is -3.10. The Morgan fingerprint density at radius 3 is 1.82 bits per heavy atom. The van der Waals surface area contributed by atoms with Crippen molar-refractivity contribution in [1.29, 1.82) is 0 Å². The Balaban J connectivity index is 1.46. The van der Waals surface area contributed by atoms with E-state index in [4.69, 9.17) is 4.74 Å². The van der Waals surface area contributed by atoms with Crippen molar-refractivity contribution in [2.75, 3.05) is 26.2 Å². The largest absolute Gasteiger partial charge is 0.492 e. The molecule has 1 fully saturated rings. The van der Waals surface area contributed by atoms with Crippen molar-refractivity contribution >= 4 is 10.8 Å². The monoisotopic (exact) mass is 435 g/mol. The van der Waals surface area contributed by atoms with E-state index in [2.05, 4.69) is 102 Å². The second-order valence-electron chi connectivity index (χ2n) is 9.06. The summed E-state index contributed by atoms with van der Waals surface area (Å²) in [5.74, 6) is 1.17. The number of fused-ring (bicyclic) bond motifs is 1. The van der Waals surface area contributed by atoms with Gasteiger partial charge >= 0.3 is 0 Å². The Kier molecular flexibility index (Phi) is 7.03. The van der Waals surface area contributed by atoms with Gasteiger partial charge in [-0.05, 0) is 54.1 Å². The van der Waals surface area contributed by atoms with Crippen molar-refractivity contribution < 1.29 is 4.74 Å². The first-order valence-corrected chi connectivity index (χ1v) is 12.4. The first kappa shape index (κ1) is 21.7. The average Bonchev–Trinajstić information content (AvgIpc) is 3.15. The van der Waals surface area contributed by atoms with E-state index in [1.807, 2.05) is 0 Å². The molecule has 4 aromatic carbocycles. The molecule has 0 amide bonds. The minimum absolute atomic E-state index is 0.184.